The van der Waals surface area contributed by atoms with Crippen molar-refractivity contribution in [3.05, 3.63) is 101 Å². The van der Waals surface area contributed by atoms with Crippen LogP contribution in [0.1, 0.15) is 16.7 Å². The van der Waals surface area contributed by atoms with Crippen LogP contribution in [0.4, 0.5) is 26.3 Å². The Kier molecular flexibility index (Phi) is 33.5. The molecule has 0 aliphatic heterocycles. The molecule has 20 heteroatoms. The van der Waals surface area contributed by atoms with Gasteiger partial charge < -0.3 is 44.3 Å². The van der Waals surface area contributed by atoms with Crippen molar-refractivity contribution in [3.8, 4) is 0 Å². The van der Waals surface area contributed by atoms with Crippen LogP contribution in [0.5, 0.6) is 0 Å². The minimum absolute atomic E-state index is 0. The Balaban J connectivity index is -0.000000166. The molecule has 0 aliphatic rings. The van der Waals surface area contributed by atoms with Crippen LogP contribution in [0.3, 0.4) is 0 Å². The van der Waals surface area contributed by atoms with E-state index in [4.69, 9.17) is 27.8 Å². The molecule has 0 bridgehead atoms. The van der Waals surface area contributed by atoms with Gasteiger partial charge in [-0.15, -0.1) is 0 Å². The van der Waals surface area contributed by atoms with Gasteiger partial charge in [-0.1, -0.05) is 12.1 Å². The molecule has 3 rings (SSSR count). The molecule has 2 N–H and O–H groups in total. The SMILES string of the molecule is Cc1c([I+]c2ccc(F)c(F)c2C)ccc(F)c1F.Cc1cccc(F)c1F.O=S(=O)(O)O.[Br-].[Br-].[K+].[Na+].[O-][I+2]([O-])[O-]. The summed E-state index contributed by atoms with van der Waals surface area (Å²) in [4.78, 5) is 0. The van der Waals surface area contributed by atoms with Gasteiger partial charge in [-0.3, -0.25) is 9.11 Å². The van der Waals surface area contributed by atoms with Gasteiger partial charge in [-0.2, -0.15) is 8.42 Å². The van der Waals surface area contributed by atoms with E-state index < -0.39 is 87.6 Å². The van der Waals surface area contributed by atoms with E-state index in [0.717, 1.165) is 18.2 Å². The molecular weight excluding hydrogens is 986 g/mol. The summed E-state index contributed by atoms with van der Waals surface area (Å²) in [6, 6.07) is 9.23. The van der Waals surface area contributed by atoms with Crippen molar-refractivity contribution in [1.29, 1.82) is 0 Å². The van der Waals surface area contributed by atoms with Gasteiger partial charge in [0.25, 0.3) is 21.1 Å². The predicted octanol–water partition coefficient (Wildman–Crippen LogP) is -15.9. The van der Waals surface area contributed by atoms with Gasteiger partial charge in [0.1, 0.15) is 0 Å². The second kappa shape index (κ2) is 26.2. The molecule has 0 saturated heterocycles. The van der Waals surface area contributed by atoms with Crippen molar-refractivity contribution in [3.63, 3.8) is 0 Å². The van der Waals surface area contributed by atoms with Gasteiger partial charge in [0.05, 0.1) is 0 Å². The van der Waals surface area contributed by atoms with Crippen molar-refractivity contribution < 1.29 is 211 Å². The molecule has 0 heterocycles. The molecule has 3 aromatic carbocycles. The molecule has 41 heavy (non-hydrogen) atoms. The zero-order valence-corrected chi connectivity index (χ0v) is 35.1. The monoisotopic (exact) mass is 1000 g/mol. The largest absolute Gasteiger partial charge is 1.00 e. The van der Waals surface area contributed by atoms with Crippen LogP contribution < -0.4 is 167 Å². The van der Waals surface area contributed by atoms with E-state index in [1.54, 1.807) is 0 Å². The first-order chi connectivity index (χ1) is 16.9. The van der Waals surface area contributed by atoms with E-state index >= 15 is 0 Å². The zero-order chi connectivity index (χ0) is 29.1. The van der Waals surface area contributed by atoms with E-state index in [9.17, 15) is 26.3 Å². The third-order valence-electron chi connectivity index (χ3n) is 3.89. The molecule has 0 aromatic heterocycles. The molecule has 0 amide bonds. The topological polar surface area (TPSA) is 144 Å². The molecular formula is C21H18Br2F6I2KNaO7S. The first-order valence-electron chi connectivity index (χ1n) is 9.24. The maximum absolute atomic E-state index is 13.4. The second-order valence-electron chi connectivity index (χ2n) is 6.54. The van der Waals surface area contributed by atoms with Crippen LogP contribution in [-0.2, 0) is 10.4 Å². The van der Waals surface area contributed by atoms with Crippen LogP contribution in [0.2, 0.25) is 0 Å². The van der Waals surface area contributed by atoms with Crippen molar-refractivity contribution in [2.75, 3.05) is 0 Å². The third-order valence-corrected chi connectivity index (χ3v) is 7.39. The summed E-state index contributed by atoms with van der Waals surface area (Å²) in [5.74, 6) is -5.08. The van der Waals surface area contributed by atoms with Crippen molar-refractivity contribution in [2.45, 2.75) is 20.8 Å². The number of hydrogen-bond donors (Lipinski definition) is 2. The Morgan fingerprint density at radius 2 is 0.976 bits per heavy atom. The summed E-state index contributed by atoms with van der Waals surface area (Å²) in [5, 5.41) is 0. The Morgan fingerprint density at radius 3 is 1.24 bits per heavy atom. The summed E-state index contributed by atoms with van der Waals surface area (Å²) < 4.78 is 136. The third kappa shape index (κ3) is 23.1. The smallest absolute Gasteiger partial charge is 1.00 e. The van der Waals surface area contributed by atoms with Crippen LogP contribution in [0, 0.1) is 62.8 Å². The fourth-order valence-corrected chi connectivity index (χ4v) is 4.81. The number of hydrogen-bond acceptors (Lipinski definition) is 5. The second-order valence-corrected chi connectivity index (χ2v) is 11.4. The normalized spacial score (nSPS) is 9.44. The maximum atomic E-state index is 13.4. The molecule has 0 fully saturated rings. The van der Waals surface area contributed by atoms with Crippen molar-refractivity contribution in [1.82, 2.24) is 0 Å². The van der Waals surface area contributed by atoms with Crippen LogP contribution in [-0.4, -0.2) is 17.5 Å². The summed E-state index contributed by atoms with van der Waals surface area (Å²) in [7, 11) is -4.67. The van der Waals surface area contributed by atoms with Crippen LogP contribution >= 0.6 is 0 Å². The minimum atomic E-state index is -4.67. The molecule has 0 unspecified atom stereocenters. The van der Waals surface area contributed by atoms with Crippen LogP contribution in [0.15, 0.2) is 42.5 Å². The average molecular weight is 1000 g/mol. The Labute approximate surface area is 338 Å². The van der Waals surface area contributed by atoms with E-state index in [2.05, 4.69) is 0 Å². The van der Waals surface area contributed by atoms with Gasteiger partial charge >= 0.3 is 113 Å². The Morgan fingerprint density at radius 1 is 0.683 bits per heavy atom. The average Bonchev–Trinajstić information content (AvgIpc) is 2.77. The first-order valence-corrected chi connectivity index (χ1v) is 15.4. The standard InChI is InChI=1S/C14H10F4I.C7H6F2.2BrH.IO3.K.Na.H2O4S/c1-7-11(5-3-9(15)13(7)17)19-12-6-4-10(16)14(18)8(12)2;1-5-3-2-4-6(8)7(5)9;;;2-1(3)4;;;1-5(2,3)4/h3-6H,1-2H3;2-4H,1H3;2*1H;;;;(H2,1,2,3,4)/q+1;;;;-1;2*+1;/p-2. The molecule has 7 nitrogen and oxygen atoms in total. The maximum Gasteiger partial charge on any atom is 1.00 e. The molecule has 3 aromatic rings. The van der Waals surface area contributed by atoms with Crippen molar-refractivity contribution >= 4 is 10.4 Å². The van der Waals surface area contributed by atoms with Gasteiger partial charge in [-0.25, -0.2) is 26.3 Å². The van der Waals surface area contributed by atoms with E-state index in [-0.39, 0.29) is 126 Å². The fourth-order valence-electron chi connectivity index (χ4n) is 2.18. The summed E-state index contributed by atoms with van der Waals surface area (Å²) in [5.41, 5.74) is 0.809. The molecule has 0 spiro atoms. The molecule has 0 aliphatic carbocycles. The van der Waals surface area contributed by atoms with E-state index in [1.165, 1.54) is 45.0 Å². The zero-order valence-electron chi connectivity index (χ0n) is 21.7. The number of halogens is 10. The minimum Gasteiger partial charge on any atom is -1.00 e. The quantitative estimate of drug-likeness (QED) is 0.0855. The van der Waals surface area contributed by atoms with Crippen molar-refractivity contribution in [2.24, 2.45) is 0 Å². The molecule has 0 saturated carbocycles. The van der Waals surface area contributed by atoms with Gasteiger partial charge in [0, 0.05) is 11.1 Å². The van der Waals surface area contributed by atoms with E-state index in [1.807, 2.05) is 0 Å². The number of benzene rings is 3. The Bertz CT molecular complexity index is 1230. The fraction of sp³-hybridized carbons (Fsp3) is 0.143. The summed E-state index contributed by atoms with van der Waals surface area (Å²) in [6.07, 6.45) is 0. The van der Waals surface area contributed by atoms with E-state index in [0.29, 0.717) is 12.7 Å². The van der Waals surface area contributed by atoms with Gasteiger partial charge in [0.15, 0.2) is 42.0 Å². The van der Waals surface area contributed by atoms with Gasteiger partial charge in [0.2, 0.25) is 0 Å². The predicted molar refractivity (Wildman–Crippen MR) is 105 cm³/mol. The molecule has 0 atom stereocenters. The summed E-state index contributed by atoms with van der Waals surface area (Å²) >= 11 is -4.90. The summed E-state index contributed by atoms with van der Waals surface area (Å²) in [6.45, 7) is 4.50. The molecule has 222 valence electrons. The Hall–Kier alpha value is 2.05. The number of aryl methyl sites for hydroxylation is 1. The number of rotatable bonds is 2. The van der Waals surface area contributed by atoms with Crippen LogP contribution in [0.25, 0.3) is 0 Å². The van der Waals surface area contributed by atoms with Gasteiger partial charge in [-0.05, 0) is 56.7 Å². The molecule has 0 radical (unpaired) electrons. The first kappa shape index (κ1) is 52.6.